The molecule has 2 heterocycles. The summed E-state index contributed by atoms with van der Waals surface area (Å²) >= 11 is 0. The van der Waals surface area contributed by atoms with Gasteiger partial charge in [-0.15, -0.1) is 0 Å². The van der Waals surface area contributed by atoms with Crippen molar-refractivity contribution in [3.63, 3.8) is 0 Å². The Morgan fingerprint density at radius 2 is 2.20 bits per heavy atom. The van der Waals surface area contributed by atoms with Gasteiger partial charge in [0.1, 0.15) is 0 Å². The molecule has 2 aliphatic heterocycles. The van der Waals surface area contributed by atoms with E-state index in [0.29, 0.717) is 0 Å². The molecule has 1 aromatic rings. The third-order valence-corrected chi connectivity index (χ3v) is 4.47. The Morgan fingerprint density at radius 3 is 2.95 bits per heavy atom. The maximum Gasteiger partial charge on any atom is 0.225 e. The first-order valence-corrected chi connectivity index (χ1v) is 7.31. The monoisotopic (exact) mass is 274 g/mol. The van der Waals surface area contributed by atoms with Gasteiger partial charge in [0.25, 0.3) is 0 Å². The molecule has 1 amide bonds. The van der Waals surface area contributed by atoms with Crippen LogP contribution in [0.4, 0.5) is 0 Å². The highest BCUT2D eigenvalue weighted by Crippen LogP contribution is 2.32. The fourth-order valence-corrected chi connectivity index (χ4v) is 3.36. The van der Waals surface area contributed by atoms with Gasteiger partial charge in [-0.05, 0) is 24.5 Å². The van der Waals surface area contributed by atoms with E-state index >= 15 is 0 Å². The summed E-state index contributed by atoms with van der Waals surface area (Å²) in [4.78, 5) is 14.3. The van der Waals surface area contributed by atoms with Crippen LogP contribution in [-0.2, 0) is 16.1 Å². The first kappa shape index (κ1) is 13.6. The molecule has 2 fully saturated rings. The minimum absolute atomic E-state index is 0.0203. The predicted octanol–water partition coefficient (Wildman–Crippen LogP) is 1.33. The van der Waals surface area contributed by atoms with Crippen LogP contribution in [-0.4, -0.2) is 43.2 Å². The van der Waals surface area contributed by atoms with Crippen LogP contribution in [0.25, 0.3) is 0 Å². The summed E-state index contributed by atoms with van der Waals surface area (Å²) in [6.07, 6.45) is 1.12. The maximum atomic E-state index is 11.9. The van der Waals surface area contributed by atoms with E-state index < -0.39 is 0 Å². The fourth-order valence-electron chi connectivity index (χ4n) is 3.36. The topological polar surface area (TPSA) is 41.6 Å². The van der Waals surface area contributed by atoms with Gasteiger partial charge in [-0.25, -0.2) is 0 Å². The van der Waals surface area contributed by atoms with Gasteiger partial charge in [0.05, 0.1) is 18.1 Å². The molecule has 4 heteroatoms. The zero-order chi connectivity index (χ0) is 14.1. The molecule has 0 aromatic heterocycles. The SMILES string of the molecule is CNC(=O)[C@@H]1C[C@H]2CN(Cc3ccccc3C)C[C@H]1O2. The fraction of sp³-hybridized carbons (Fsp3) is 0.562. The van der Waals surface area contributed by atoms with Gasteiger partial charge in [0.2, 0.25) is 5.91 Å². The number of carbonyl (C=O) groups excluding carboxylic acids is 1. The highest BCUT2D eigenvalue weighted by atomic mass is 16.5. The number of hydrogen-bond acceptors (Lipinski definition) is 3. The second-order valence-corrected chi connectivity index (χ2v) is 5.87. The van der Waals surface area contributed by atoms with Gasteiger partial charge in [0, 0.05) is 26.7 Å². The van der Waals surface area contributed by atoms with E-state index in [4.69, 9.17) is 4.74 Å². The van der Waals surface area contributed by atoms with Crippen LogP contribution in [0.3, 0.4) is 0 Å². The number of rotatable bonds is 3. The number of ether oxygens (including phenoxy) is 1. The Morgan fingerprint density at radius 1 is 1.40 bits per heavy atom. The van der Waals surface area contributed by atoms with Crippen molar-refractivity contribution in [2.24, 2.45) is 5.92 Å². The van der Waals surface area contributed by atoms with E-state index in [2.05, 4.69) is 41.4 Å². The summed E-state index contributed by atoms with van der Waals surface area (Å²) in [7, 11) is 1.70. The van der Waals surface area contributed by atoms with E-state index in [1.54, 1.807) is 7.05 Å². The molecule has 0 radical (unpaired) electrons. The van der Waals surface area contributed by atoms with E-state index in [1.165, 1.54) is 11.1 Å². The molecule has 0 unspecified atom stereocenters. The molecular formula is C16H22N2O2. The van der Waals surface area contributed by atoms with Crippen molar-refractivity contribution >= 4 is 5.91 Å². The Hall–Kier alpha value is -1.39. The Balaban J connectivity index is 1.67. The lowest BCUT2D eigenvalue weighted by molar-refractivity contribution is -0.127. The lowest BCUT2D eigenvalue weighted by Gasteiger charge is -2.33. The zero-order valence-corrected chi connectivity index (χ0v) is 12.1. The van der Waals surface area contributed by atoms with Gasteiger partial charge >= 0.3 is 0 Å². The van der Waals surface area contributed by atoms with Crippen LogP contribution in [0, 0.1) is 12.8 Å². The van der Waals surface area contributed by atoms with Crippen LogP contribution in [0.2, 0.25) is 0 Å². The molecule has 3 atom stereocenters. The molecule has 2 bridgehead atoms. The van der Waals surface area contributed by atoms with Gasteiger partial charge in [-0.3, -0.25) is 9.69 Å². The predicted molar refractivity (Wildman–Crippen MR) is 77.3 cm³/mol. The number of fused-ring (bicyclic) bond motifs is 2. The lowest BCUT2D eigenvalue weighted by Crippen LogP contribution is -2.44. The molecular weight excluding hydrogens is 252 g/mol. The normalized spacial score (nSPS) is 29.4. The number of aryl methyl sites for hydroxylation is 1. The lowest BCUT2D eigenvalue weighted by atomic mass is 10.00. The second-order valence-electron chi connectivity index (χ2n) is 5.87. The molecule has 3 rings (SSSR count). The van der Waals surface area contributed by atoms with E-state index in [1.807, 2.05) is 0 Å². The summed E-state index contributed by atoms with van der Waals surface area (Å²) in [5, 5.41) is 2.76. The van der Waals surface area contributed by atoms with Crippen molar-refractivity contribution in [1.82, 2.24) is 10.2 Å². The summed E-state index contributed by atoms with van der Waals surface area (Å²) in [5.74, 6) is 0.141. The number of amides is 1. The maximum absolute atomic E-state index is 11.9. The van der Waals surface area contributed by atoms with Crippen LogP contribution >= 0.6 is 0 Å². The molecule has 2 aliphatic rings. The molecule has 4 nitrogen and oxygen atoms in total. The van der Waals surface area contributed by atoms with Gasteiger partial charge in [-0.2, -0.15) is 0 Å². The molecule has 108 valence electrons. The van der Waals surface area contributed by atoms with Crippen molar-refractivity contribution in [2.45, 2.75) is 32.1 Å². The van der Waals surface area contributed by atoms with Crippen molar-refractivity contribution in [3.05, 3.63) is 35.4 Å². The number of benzene rings is 1. The van der Waals surface area contributed by atoms with E-state index in [9.17, 15) is 4.79 Å². The number of hydrogen-bond donors (Lipinski definition) is 1. The van der Waals surface area contributed by atoms with Crippen LogP contribution < -0.4 is 5.32 Å². The van der Waals surface area contributed by atoms with Gasteiger partial charge in [-0.1, -0.05) is 24.3 Å². The number of likely N-dealkylation sites (tertiary alicyclic amines) is 1. The Bertz CT molecular complexity index is 503. The smallest absolute Gasteiger partial charge is 0.225 e. The molecule has 1 aromatic carbocycles. The first-order valence-electron chi connectivity index (χ1n) is 7.31. The van der Waals surface area contributed by atoms with Crippen molar-refractivity contribution in [3.8, 4) is 0 Å². The van der Waals surface area contributed by atoms with Crippen LogP contribution in [0.5, 0.6) is 0 Å². The van der Waals surface area contributed by atoms with Gasteiger partial charge in [0.15, 0.2) is 0 Å². The summed E-state index contributed by atoms with van der Waals surface area (Å²) in [5.41, 5.74) is 2.69. The highest BCUT2D eigenvalue weighted by Gasteiger charge is 2.44. The average Bonchev–Trinajstić information content (AvgIpc) is 2.75. The minimum atomic E-state index is 0.0203. The van der Waals surface area contributed by atoms with Gasteiger partial charge < -0.3 is 10.1 Å². The summed E-state index contributed by atoms with van der Waals surface area (Å²) in [6.45, 7) is 4.88. The van der Waals surface area contributed by atoms with Crippen LogP contribution in [0.15, 0.2) is 24.3 Å². The average molecular weight is 274 g/mol. The molecule has 1 N–H and O–H groups in total. The number of carbonyl (C=O) groups is 1. The van der Waals surface area contributed by atoms with Crippen molar-refractivity contribution in [2.75, 3.05) is 20.1 Å². The highest BCUT2D eigenvalue weighted by molar-refractivity contribution is 5.79. The number of nitrogens with one attached hydrogen (secondary N) is 1. The van der Waals surface area contributed by atoms with E-state index in [-0.39, 0.29) is 24.0 Å². The summed E-state index contributed by atoms with van der Waals surface area (Å²) < 4.78 is 5.93. The van der Waals surface area contributed by atoms with E-state index in [0.717, 1.165) is 26.1 Å². The zero-order valence-electron chi connectivity index (χ0n) is 12.1. The third-order valence-electron chi connectivity index (χ3n) is 4.47. The molecule has 0 saturated carbocycles. The van der Waals surface area contributed by atoms with Crippen molar-refractivity contribution in [1.29, 1.82) is 0 Å². The number of nitrogens with zero attached hydrogens (tertiary/aromatic N) is 1. The molecule has 0 aliphatic carbocycles. The molecule has 0 spiro atoms. The number of morpholine rings is 1. The minimum Gasteiger partial charge on any atom is -0.371 e. The quantitative estimate of drug-likeness (QED) is 0.904. The molecule has 20 heavy (non-hydrogen) atoms. The van der Waals surface area contributed by atoms with Crippen molar-refractivity contribution < 1.29 is 9.53 Å². The first-order chi connectivity index (χ1) is 9.67. The third kappa shape index (κ3) is 2.58. The largest absolute Gasteiger partial charge is 0.371 e. The summed E-state index contributed by atoms with van der Waals surface area (Å²) in [6, 6.07) is 8.49. The molecule has 2 saturated heterocycles. The Labute approximate surface area is 120 Å². The Kier molecular flexibility index (Phi) is 3.76. The van der Waals surface area contributed by atoms with Crippen LogP contribution in [0.1, 0.15) is 17.5 Å². The second kappa shape index (κ2) is 5.54. The standard InChI is InChI=1S/C16H22N2O2/c1-11-5-3-4-6-12(11)8-18-9-13-7-14(16(19)17-2)15(10-18)20-13/h3-6,13-15H,7-10H2,1-2H3,(H,17,19)/t13-,14+,15+/m0/s1.